The van der Waals surface area contributed by atoms with Crippen LogP contribution in [0.3, 0.4) is 0 Å². The van der Waals surface area contributed by atoms with E-state index in [1.54, 1.807) is 24.3 Å². The molecule has 0 unspecified atom stereocenters. The lowest BCUT2D eigenvalue weighted by molar-refractivity contribution is -0.124. The highest BCUT2D eigenvalue weighted by Crippen LogP contribution is 2.23. The molecule has 0 amide bonds. The Hall–Kier alpha value is -0.960. The lowest BCUT2D eigenvalue weighted by Crippen LogP contribution is -2.34. The molecule has 0 saturated carbocycles. The standard InChI is InChI=1S/C13H15BrO2/c1-13(2,3)12(16)10(14)11(15)9-7-5-4-6-8-9/h4-8,10H,1-3H3/t10-/m0/s1. The Balaban J connectivity index is 2.88. The summed E-state index contributed by atoms with van der Waals surface area (Å²) in [5.41, 5.74) is 0.0421. The van der Waals surface area contributed by atoms with E-state index in [9.17, 15) is 9.59 Å². The van der Waals surface area contributed by atoms with Gasteiger partial charge in [-0.05, 0) is 0 Å². The van der Waals surface area contributed by atoms with Crippen molar-refractivity contribution in [2.75, 3.05) is 0 Å². The molecule has 0 bridgehead atoms. The molecule has 0 fully saturated rings. The molecule has 2 nitrogen and oxygen atoms in total. The molecule has 0 heterocycles. The molecular weight excluding hydrogens is 268 g/mol. The first kappa shape index (κ1) is 13.1. The smallest absolute Gasteiger partial charge is 0.183 e. The van der Waals surface area contributed by atoms with E-state index in [-0.39, 0.29) is 11.6 Å². The van der Waals surface area contributed by atoms with Gasteiger partial charge in [0, 0.05) is 11.0 Å². The second kappa shape index (κ2) is 4.91. The van der Waals surface area contributed by atoms with E-state index < -0.39 is 10.2 Å². The van der Waals surface area contributed by atoms with E-state index >= 15 is 0 Å². The van der Waals surface area contributed by atoms with Crippen LogP contribution in [0.25, 0.3) is 0 Å². The van der Waals surface area contributed by atoms with Crippen LogP contribution in [0.15, 0.2) is 30.3 Å². The zero-order valence-electron chi connectivity index (χ0n) is 9.66. The predicted molar refractivity (Wildman–Crippen MR) is 67.9 cm³/mol. The molecule has 86 valence electrons. The molecule has 0 saturated heterocycles. The van der Waals surface area contributed by atoms with Crippen molar-refractivity contribution >= 4 is 27.5 Å². The van der Waals surface area contributed by atoms with Gasteiger partial charge in [-0.3, -0.25) is 9.59 Å². The van der Waals surface area contributed by atoms with Crippen LogP contribution in [0.4, 0.5) is 0 Å². The summed E-state index contributed by atoms with van der Waals surface area (Å²) < 4.78 is 0. The van der Waals surface area contributed by atoms with E-state index in [0.29, 0.717) is 5.56 Å². The third kappa shape index (κ3) is 3.01. The van der Waals surface area contributed by atoms with E-state index in [0.717, 1.165) is 0 Å². The van der Waals surface area contributed by atoms with E-state index in [4.69, 9.17) is 0 Å². The molecule has 0 aliphatic heterocycles. The molecule has 0 spiro atoms. The van der Waals surface area contributed by atoms with Gasteiger partial charge in [0.05, 0.1) is 0 Å². The Morgan fingerprint density at radius 1 is 1.12 bits per heavy atom. The summed E-state index contributed by atoms with van der Waals surface area (Å²) in [7, 11) is 0. The van der Waals surface area contributed by atoms with Crippen molar-refractivity contribution in [1.29, 1.82) is 0 Å². The Labute approximate surface area is 104 Å². The van der Waals surface area contributed by atoms with Crippen molar-refractivity contribution in [3.63, 3.8) is 0 Å². The van der Waals surface area contributed by atoms with Gasteiger partial charge in [-0.15, -0.1) is 0 Å². The molecule has 1 aromatic carbocycles. The molecule has 16 heavy (non-hydrogen) atoms. The normalized spacial score (nSPS) is 13.2. The number of carbonyl (C=O) groups is 2. The molecule has 1 rings (SSSR count). The van der Waals surface area contributed by atoms with Crippen LogP contribution in [0.1, 0.15) is 31.1 Å². The number of halogens is 1. The van der Waals surface area contributed by atoms with Gasteiger partial charge < -0.3 is 0 Å². The quantitative estimate of drug-likeness (QED) is 0.485. The van der Waals surface area contributed by atoms with E-state index in [1.165, 1.54) is 0 Å². The third-order valence-corrected chi connectivity index (χ3v) is 3.09. The van der Waals surface area contributed by atoms with Crippen LogP contribution in [0.2, 0.25) is 0 Å². The minimum Gasteiger partial charge on any atom is -0.297 e. The average molecular weight is 283 g/mol. The monoisotopic (exact) mass is 282 g/mol. The second-order valence-corrected chi connectivity index (χ2v) is 5.62. The van der Waals surface area contributed by atoms with E-state index in [2.05, 4.69) is 15.9 Å². The molecule has 1 atom stereocenters. The molecule has 0 N–H and O–H groups in total. The van der Waals surface area contributed by atoms with Gasteiger partial charge in [-0.2, -0.15) is 0 Å². The summed E-state index contributed by atoms with van der Waals surface area (Å²) >= 11 is 3.18. The van der Waals surface area contributed by atoms with Gasteiger partial charge >= 0.3 is 0 Å². The minimum absolute atomic E-state index is 0.0960. The number of alkyl halides is 1. The van der Waals surface area contributed by atoms with E-state index in [1.807, 2.05) is 26.8 Å². The zero-order chi connectivity index (χ0) is 12.3. The lowest BCUT2D eigenvalue weighted by Gasteiger charge is -2.19. The summed E-state index contributed by atoms with van der Waals surface area (Å²) in [6, 6.07) is 8.84. The van der Waals surface area contributed by atoms with Crippen LogP contribution in [0.5, 0.6) is 0 Å². The first-order chi connectivity index (χ1) is 7.34. The molecule has 0 aromatic heterocycles. The van der Waals surface area contributed by atoms with Crippen molar-refractivity contribution < 1.29 is 9.59 Å². The molecule has 3 heteroatoms. The Bertz CT molecular complexity index is 390. The van der Waals surface area contributed by atoms with Crippen LogP contribution < -0.4 is 0 Å². The Morgan fingerprint density at radius 3 is 2.06 bits per heavy atom. The SMILES string of the molecule is CC(C)(C)C(=O)[C@@H](Br)C(=O)c1ccccc1. The number of ketones is 2. The summed E-state index contributed by atoms with van der Waals surface area (Å²) in [5.74, 6) is -0.276. The maximum Gasteiger partial charge on any atom is 0.183 e. The number of rotatable bonds is 3. The number of hydrogen-bond donors (Lipinski definition) is 0. The fraction of sp³-hybridized carbons (Fsp3) is 0.385. The number of Topliss-reactive ketones (excluding diaryl/α,β-unsaturated/α-hetero) is 2. The predicted octanol–water partition coefficient (Wildman–Crippen LogP) is 3.25. The van der Waals surface area contributed by atoms with Crippen molar-refractivity contribution in [3.05, 3.63) is 35.9 Å². The Morgan fingerprint density at radius 2 is 1.62 bits per heavy atom. The molecule has 0 aliphatic rings. The van der Waals surface area contributed by atoms with Crippen LogP contribution in [0, 0.1) is 5.41 Å². The summed E-state index contributed by atoms with van der Waals surface area (Å²) in [5, 5.41) is 0. The fourth-order valence-corrected chi connectivity index (χ4v) is 2.20. The first-order valence-electron chi connectivity index (χ1n) is 5.11. The first-order valence-corrected chi connectivity index (χ1v) is 6.03. The summed E-state index contributed by atoms with van der Waals surface area (Å²) in [6.07, 6.45) is 0. The molecular formula is C13H15BrO2. The molecule has 0 radical (unpaired) electrons. The number of hydrogen-bond acceptors (Lipinski definition) is 2. The van der Waals surface area contributed by atoms with Gasteiger partial charge in [0.25, 0.3) is 0 Å². The van der Waals surface area contributed by atoms with Crippen molar-refractivity contribution in [1.82, 2.24) is 0 Å². The maximum atomic E-state index is 12.0. The summed E-state index contributed by atoms with van der Waals surface area (Å²) in [6.45, 7) is 5.42. The highest BCUT2D eigenvalue weighted by Gasteiger charge is 2.32. The number of benzene rings is 1. The van der Waals surface area contributed by atoms with Crippen LogP contribution in [-0.4, -0.2) is 16.4 Å². The fourth-order valence-electron chi connectivity index (χ4n) is 1.25. The van der Waals surface area contributed by atoms with Gasteiger partial charge in [-0.1, -0.05) is 67.0 Å². The highest BCUT2D eigenvalue weighted by atomic mass is 79.9. The van der Waals surface area contributed by atoms with Crippen molar-refractivity contribution in [3.8, 4) is 0 Å². The van der Waals surface area contributed by atoms with Crippen LogP contribution in [-0.2, 0) is 4.79 Å². The van der Waals surface area contributed by atoms with Crippen molar-refractivity contribution in [2.24, 2.45) is 5.41 Å². The van der Waals surface area contributed by atoms with Gasteiger partial charge in [0.15, 0.2) is 11.6 Å². The number of carbonyl (C=O) groups excluding carboxylic acids is 2. The average Bonchev–Trinajstić information content (AvgIpc) is 2.26. The highest BCUT2D eigenvalue weighted by molar-refractivity contribution is 9.10. The topological polar surface area (TPSA) is 34.1 Å². The molecule has 0 aliphatic carbocycles. The lowest BCUT2D eigenvalue weighted by atomic mass is 9.87. The molecule has 1 aromatic rings. The Kier molecular flexibility index (Phi) is 4.03. The maximum absolute atomic E-state index is 12.0. The van der Waals surface area contributed by atoms with Crippen molar-refractivity contribution in [2.45, 2.75) is 25.6 Å². The summed E-state index contributed by atoms with van der Waals surface area (Å²) in [4.78, 5) is 23.1. The zero-order valence-corrected chi connectivity index (χ0v) is 11.2. The minimum atomic E-state index is -0.755. The second-order valence-electron chi connectivity index (χ2n) is 4.71. The third-order valence-electron chi connectivity index (χ3n) is 2.26. The van der Waals surface area contributed by atoms with Gasteiger partial charge in [0.1, 0.15) is 4.83 Å². The van der Waals surface area contributed by atoms with Crippen LogP contribution >= 0.6 is 15.9 Å². The largest absolute Gasteiger partial charge is 0.297 e. The van der Waals surface area contributed by atoms with Gasteiger partial charge in [0.2, 0.25) is 0 Å². The van der Waals surface area contributed by atoms with Gasteiger partial charge in [-0.25, -0.2) is 0 Å².